The van der Waals surface area contributed by atoms with Crippen molar-refractivity contribution in [3.05, 3.63) is 65.7 Å². The highest BCUT2D eigenvalue weighted by molar-refractivity contribution is 5.87. The Kier molecular flexibility index (Phi) is 3.16. The monoisotopic (exact) mass is 260 g/mol. The van der Waals surface area contributed by atoms with Crippen molar-refractivity contribution < 1.29 is 5.11 Å². The Balaban J connectivity index is 2.34. The van der Waals surface area contributed by atoms with Crippen LogP contribution in [0.15, 0.2) is 54.6 Å². The number of para-hydroxylation sites is 1. The molecule has 1 N–H and O–H groups in total. The Labute approximate surface area is 116 Å². The lowest BCUT2D eigenvalue weighted by molar-refractivity contribution is 0.282. The van der Waals surface area contributed by atoms with Gasteiger partial charge in [0.25, 0.3) is 0 Å². The maximum atomic E-state index is 9.56. The average molecular weight is 260 g/mol. The molecule has 0 aliphatic carbocycles. The first-order valence-corrected chi connectivity index (χ1v) is 6.32. The second kappa shape index (κ2) is 5.12. The zero-order valence-corrected chi connectivity index (χ0v) is 10.7. The molecule has 2 aromatic carbocycles. The number of aliphatic hydroxyl groups excluding tert-OH is 1. The van der Waals surface area contributed by atoms with Gasteiger partial charge in [0.15, 0.2) is 0 Å². The summed E-state index contributed by atoms with van der Waals surface area (Å²) >= 11 is 0. The fourth-order valence-corrected chi connectivity index (χ4v) is 2.30. The normalized spacial score (nSPS) is 10.4. The quantitative estimate of drug-likeness (QED) is 0.769. The Bertz CT molecular complexity index is 804. The maximum Gasteiger partial charge on any atom is 0.101 e. The van der Waals surface area contributed by atoms with Gasteiger partial charge in [-0.15, -0.1) is 0 Å². The highest BCUT2D eigenvalue weighted by Gasteiger charge is 2.10. The van der Waals surface area contributed by atoms with Crippen LogP contribution >= 0.6 is 0 Å². The largest absolute Gasteiger partial charge is 0.392 e. The van der Waals surface area contributed by atoms with Crippen LogP contribution in [0.1, 0.15) is 11.1 Å². The number of nitriles is 1. The molecule has 0 radical (unpaired) electrons. The number of hydrogen-bond acceptors (Lipinski definition) is 3. The second-order valence-corrected chi connectivity index (χ2v) is 4.51. The van der Waals surface area contributed by atoms with E-state index < -0.39 is 0 Å². The van der Waals surface area contributed by atoms with Crippen LogP contribution < -0.4 is 0 Å². The molecule has 3 heteroatoms. The van der Waals surface area contributed by atoms with E-state index in [1.807, 2.05) is 48.5 Å². The maximum absolute atomic E-state index is 9.56. The molecular weight excluding hydrogens is 248 g/mol. The van der Waals surface area contributed by atoms with Crippen molar-refractivity contribution in [3.8, 4) is 17.3 Å². The minimum absolute atomic E-state index is 0.0794. The lowest BCUT2D eigenvalue weighted by atomic mass is 10.0. The Morgan fingerprint density at radius 2 is 1.85 bits per heavy atom. The standard InChI is InChI=1S/C17H12N2O/c18-10-14-8-4-7-13-9-15(11-20)16(19-17(13)14)12-5-2-1-3-6-12/h1-9,20H,11H2. The van der Waals surface area contributed by atoms with E-state index in [9.17, 15) is 10.4 Å². The Morgan fingerprint density at radius 1 is 1.05 bits per heavy atom. The Morgan fingerprint density at radius 3 is 2.55 bits per heavy atom. The molecule has 0 bridgehead atoms. The van der Waals surface area contributed by atoms with Gasteiger partial charge < -0.3 is 5.11 Å². The molecule has 0 saturated carbocycles. The predicted octanol–water partition coefficient (Wildman–Crippen LogP) is 3.27. The molecule has 20 heavy (non-hydrogen) atoms. The summed E-state index contributed by atoms with van der Waals surface area (Å²) in [7, 11) is 0. The van der Waals surface area contributed by atoms with Gasteiger partial charge in [-0.05, 0) is 12.1 Å². The van der Waals surface area contributed by atoms with Crippen molar-refractivity contribution in [2.45, 2.75) is 6.61 Å². The van der Waals surface area contributed by atoms with E-state index in [1.165, 1.54) is 0 Å². The van der Waals surface area contributed by atoms with Gasteiger partial charge in [0.1, 0.15) is 6.07 Å². The first-order valence-electron chi connectivity index (χ1n) is 6.32. The SMILES string of the molecule is N#Cc1cccc2cc(CO)c(-c3ccccc3)nc12. The van der Waals surface area contributed by atoms with Gasteiger partial charge in [-0.1, -0.05) is 42.5 Å². The molecule has 0 aliphatic rings. The molecule has 96 valence electrons. The number of nitrogens with zero attached hydrogens (tertiary/aromatic N) is 2. The van der Waals surface area contributed by atoms with Crippen LogP contribution in [0.4, 0.5) is 0 Å². The van der Waals surface area contributed by atoms with Gasteiger partial charge >= 0.3 is 0 Å². The zero-order chi connectivity index (χ0) is 13.9. The van der Waals surface area contributed by atoms with Crippen LogP contribution in [0.5, 0.6) is 0 Å². The van der Waals surface area contributed by atoms with Crippen molar-refractivity contribution in [1.82, 2.24) is 4.98 Å². The van der Waals surface area contributed by atoms with Crippen molar-refractivity contribution >= 4 is 10.9 Å². The van der Waals surface area contributed by atoms with Crippen molar-refractivity contribution in [2.24, 2.45) is 0 Å². The topological polar surface area (TPSA) is 56.9 Å². The predicted molar refractivity (Wildman–Crippen MR) is 77.8 cm³/mol. The van der Waals surface area contributed by atoms with Crippen LogP contribution in [0.25, 0.3) is 22.2 Å². The molecule has 0 saturated heterocycles. The molecule has 3 nitrogen and oxygen atoms in total. The summed E-state index contributed by atoms with van der Waals surface area (Å²) in [6.07, 6.45) is 0. The number of rotatable bonds is 2. The lowest BCUT2D eigenvalue weighted by Crippen LogP contribution is -1.96. The summed E-state index contributed by atoms with van der Waals surface area (Å²) in [4.78, 5) is 4.60. The molecule has 0 unspecified atom stereocenters. The molecule has 3 rings (SSSR count). The summed E-state index contributed by atoms with van der Waals surface area (Å²) in [5.41, 5.74) is 3.64. The molecule has 3 aromatic rings. The highest BCUT2D eigenvalue weighted by Crippen LogP contribution is 2.27. The first-order chi connectivity index (χ1) is 9.83. The van der Waals surface area contributed by atoms with Crippen molar-refractivity contribution in [1.29, 1.82) is 5.26 Å². The van der Waals surface area contributed by atoms with Crippen molar-refractivity contribution in [2.75, 3.05) is 0 Å². The molecule has 1 heterocycles. The van der Waals surface area contributed by atoms with E-state index >= 15 is 0 Å². The van der Waals surface area contributed by atoms with E-state index in [0.29, 0.717) is 11.1 Å². The fraction of sp³-hybridized carbons (Fsp3) is 0.0588. The van der Waals surface area contributed by atoms with Gasteiger partial charge in [0, 0.05) is 16.5 Å². The number of aliphatic hydroxyl groups is 1. The number of hydrogen-bond donors (Lipinski definition) is 1. The zero-order valence-electron chi connectivity index (χ0n) is 10.7. The van der Waals surface area contributed by atoms with E-state index in [-0.39, 0.29) is 6.61 Å². The first kappa shape index (κ1) is 12.3. The molecule has 0 spiro atoms. The molecule has 1 aromatic heterocycles. The molecule has 0 aliphatic heterocycles. The van der Waals surface area contributed by atoms with E-state index in [2.05, 4.69) is 11.1 Å². The number of fused-ring (bicyclic) bond motifs is 1. The van der Waals surface area contributed by atoms with Gasteiger partial charge in [-0.3, -0.25) is 0 Å². The summed E-state index contributed by atoms with van der Waals surface area (Å²) < 4.78 is 0. The second-order valence-electron chi connectivity index (χ2n) is 4.51. The molecule has 0 amide bonds. The third kappa shape index (κ3) is 2.03. The van der Waals surface area contributed by atoms with Crippen molar-refractivity contribution in [3.63, 3.8) is 0 Å². The van der Waals surface area contributed by atoms with Crippen LogP contribution in [0.2, 0.25) is 0 Å². The van der Waals surface area contributed by atoms with Crippen LogP contribution in [-0.2, 0) is 6.61 Å². The molecular formula is C17H12N2O. The summed E-state index contributed by atoms with van der Waals surface area (Å²) in [6.45, 7) is -0.0794. The van der Waals surface area contributed by atoms with E-state index in [0.717, 1.165) is 22.2 Å². The highest BCUT2D eigenvalue weighted by atomic mass is 16.3. The smallest absolute Gasteiger partial charge is 0.101 e. The van der Waals surface area contributed by atoms with E-state index in [4.69, 9.17) is 0 Å². The third-order valence-corrected chi connectivity index (χ3v) is 3.26. The lowest BCUT2D eigenvalue weighted by Gasteiger charge is -2.09. The van der Waals surface area contributed by atoms with Crippen LogP contribution in [0, 0.1) is 11.3 Å². The molecule has 0 fully saturated rings. The summed E-state index contributed by atoms with van der Waals surface area (Å²) in [5, 5.41) is 19.6. The minimum Gasteiger partial charge on any atom is -0.392 e. The van der Waals surface area contributed by atoms with Gasteiger partial charge in [0.2, 0.25) is 0 Å². The van der Waals surface area contributed by atoms with Gasteiger partial charge in [-0.25, -0.2) is 4.98 Å². The van der Waals surface area contributed by atoms with Crippen LogP contribution in [-0.4, -0.2) is 10.1 Å². The number of pyridine rings is 1. The molecule has 0 atom stereocenters. The Hall–Kier alpha value is -2.70. The summed E-state index contributed by atoms with van der Waals surface area (Å²) in [5.74, 6) is 0. The average Bonchev–Trinajstić information content (AvgIpc) is 2.53. The van der Waals surface area contributed by atoms with Gasteiger partial charge in [-0.2, -0.15) is 5.26 Å². The van der Waals surface area contributed by atoms with E-state index in [1.54, 1.807) is 6.07 Å². The number of benzene rings is 2. The van der Waals surface area contributed by atoms with Crippen LogP contribution in [0.3, 0.4) is 0 Å². The third-order valence-electron chi connectivity index (χ3n) is 3.26. The fourth-order valence-electron chi connectivity index (χ4n) is 2.30. The van der Waals surface area contributed by atoms with Gasteiger partial charge in [0.05, 0.1) is 23.4 Å². The minimum atomic E-state index is -0.0794. The number of aromatic nitrogens is 1. The summed E-state index contributed by atoms with van der Waals surface area (Å²) in [6, 6.07) is 19.2.